The Kier molecular flexibility index (Phi) is 8.42. The highest BCUT2D eigenvalue weighted by Crippen LogP contribution is 2.34. The van der Waals surface area contributed by atoms with Gasteiger partial charge in [-0.25, -0.2) is 0 Å². The highest BCUT2D eigenvalue weighted by molar-refractivity contribution is 6.04. The Morgan fingerprint density at radius 1 is 0.743 bits per heavy atom. The second-order valence-electron chi connectivity index (χ2n) is 9.74. The van der Waals surface area contributed by atoms with Gasteiger partial charge in [-0.1, -0.05) is 71.9 Å². The van der Waals surface area contributed by atoms with Crippen LogP contribution in [0, 0.1) is 0 Å². The quantitative estimate of drug-likeness (QED) is 0.294. The molecule has 0 bridgehead atoms. The zero-order chi connectivity index (χ0) is 25.8. The van der Waals surface area contributed by atoms with Crippen molar-refractivity contribution in [1.82, 2.24) is 0 Å². The van der Waals surface area contributed by atoms with Gasteiger partial charge < -0.3 is 4.74 Å². The minimum absolute atomic E-state index is 0.0173. The molecule has 0 atom stereocenters. The molecular formula is C30H34F3NO. The number of para-hydroxylation sites is 1. The molecular weight excluding hydrogens is 447 g/mol. The summed E-state index contributed by atoms with van der Waals surface area (Å²) in [6, 6.07) is 19.3. The molecule has 3 rings (SSSR count). The fourth-order valence-corrected chi connectivity index (χ4v) is 4.10. The summed E-state index contributed by atoms with van der Waals surface area (Å²) < 4.78 is 48.0. The van der Waals surface area contributed by atoms with Crippen LogP contribution in [0.15, 0.2) is 71.7 Å². The van der Waals surface area contributed by atoms with E-state index in [1.165, 1.54) is 17.7 Å². The Balaban J connectivity index is 1.99. The third kappa shape index (κ3) is 6.74. The highest BCUT2D eigenvalue weighted by atomic mass is 19.4. The third-order valence-corrected chi connectivity index (χ3v) is 6.02. The van der Waals surface area contributed by atoms with Crippen LogP contribution in [0.25, 0.3) is 0 Å². The largest absolute Gasteiger partial charge is 0.457 e. The van der Waals surface area contributed by atoms with E-state index in [1.807, 2.05) is 18.2 Å². The smallest absolute Gasteiger partial charge is 0.433 e. The first-order valence-electron chi connectivity index (χ1n) is 12.1. The topological polar surface area (TPSA) is 21.6 Å². The Labute approximate surface area is 206 Å². The molecule has 35 heavy (non-hydrogen) atoms. The van der Waals surface area contributed by atoms with Gasteiger partial charge in [-0.3, -0.25) is 4.99 Å². The zero-order valence-corrected chi connectivity index (χ0v) is 21.3. The number of alkyl halides is 3. The summed E-state index contributed by atoms with van der Waals surface area (Å²) in [6.07, 6.45) is -4.57. The van der Waals surface area contributed by atoms with Crippen LogP contribution in [0.1, 0.15) is 87.1 Å². The molecule has 0 saturated carbocycles. The fourth-order valence-electron chi connectivity index (χ4n) is 4.10. The first-order valence-corrected chi connectivity index (χ1v) is 12.1. The molecule has 0 N–H and O–H groups in total. The summed E-state index contributed by atoms with van der Waals surface area (Å²) in [5.74, 6) is 1.79. The first kappa shape index (κ1) is 26.5. The van der Waals surface area contributed by atoms with Crippen molar-refractivity contribution in [2.45, 2.75) is 72.0 Å². The lowest BCUT2D eigenvalue weighted by molar-refractivity contribution is -0.0582. The van der Waals surface area contributed by atoms with Gasteiger partial charge in [0.1, 0.15) is 17.2 Å². The molecule has 0 aliphatic carbocycles. The molecule has 0 aromatic heterocycles. The molecule has 0 heterocycles. The average Bonchev–Trinajstić information content (AvgIpc) is 2.79. The predicted octanol–water partition coefficient (Wildman–Crippen LogP) is 9.40. The highest BCUT2D eigenvalue weighted by Gasteiger charge is 2.36. The molecule has 3 aromatic rings. The lowest BCUT2D eigenvalue weighted by Gasteiger charge is -2.22. The van der Waals surface area contributed by atoms with E-state index < -0.39 is 11.9 Å². The Hall–Kier alpha value is -3.08. The van der Waals surface area contributed by atoms with E-state index in [4.69, 9.17) is 4.74 Å². The number of aliphatic imine (C=N–C) groups is 1. The molecule has 3 aromatic carbocycles. The maximum absolute atomic E-state index is 14.1. The predicted molar refractivity (Wildman–Crippen MR) is 138 cm³/mol. The van der Waals surface area contributed by atoms with Gasteiger partial charge in [0.05, 0.1) is 6.54 Å². The van der Waals surface area contributed by atoms with Gasteiger partial charge in [-0.2, -0.15) is 13.2 Å². The van der Waals surface area contributed by atoms with Gasteiger partial charge in [-0.15, -0.1) is 0 Å². The number of nitrogens with zero attached hydrogens (tertiary/aromatic N) is 1. The normalized spacial score (nSPS) is 12.6. The van der Waals surface area contributed by atoms with E-state index in [1.54, 1.807) is 24.3 Å². The van der Waals surface area contributed by atoms with Gasteiger partial charge in [0, 0.05) is 5.56 Å². The Morgan fingerprint density at radius 3 is 1.71 bits per heavy atom. The number of hydrogen-bond acceptors (Lipinski definition) is 2. The second kappa shape index (κ2) is 11.1. The van der Waals surface area contributed by atoms with E-state index in [0.717, 1.165) is 16.7 Å². The molecule has 0 aliphatic rings. The molecule has 2 nitrogen and oxygen atoms in total. The maximum Gasteiger partial charge on any atom is 0.433 e. The van der Waals surface area contributed by atoms with Crippen LogP contribution in [0.5, 0.6) is 11.5 Å². The van der Waals surface area contributed by atoms with Gasteiger partial charge in [0.15, 0.2) is 0 Å². The summed E-state index contributed by atoms with van der Waals surface area (Å²) >= 11 is 0. The summed E-state index contributed by atoms with van der Waals surface area (Å²) in [4.78, 5) is 4.16. The van der Waals surface area contributed by atoms with E-state index in [0.29, 0.717) is 17.4 Å². The van der Waals surface area contributed by atoms with Crippen molar-refractivity contribution in [3.8, 4) is 11.5 Å². The molecule has 0 spiro atoms. The summed E-state index contributed by atoms with van der Waals surface area (Å²) in [6.45, 7) is 12.6. The SMILES string of the molecule is CC(C)c1cc(C(C)C)c(C/N=C(/c2ccc(Oc3ccccc3)cc2)C(F)(F)F)c(C(C)C)c1. The molecule has 0 unspecified atom stereocenters. The average molecular weight is 482 g/mol. The minimum Gasteiger partial charge on any atom is -0.457 e. The molecule has 0 radical (unpaired) electrons. The Bertz CT molecular complexity index is 1120. The van der Waals surface area contributed by atoms with Crippen LogP contribution in [0.2, 0.25) is 0 Å². The van der Waals surface area contributed by atoms with Crippen LogP contribution >= 0.6 is 0 Å². The van der Waals surface area contributed by atoms with Crippen LogP contribution in [0.4, 0.5) is 13.2 Å². The number of halogens is 3. The second-order valence-corrected chi connectivity index (χ2v) is 9.74. The van der Waals surface area contributed by atoms with E-state index >= 15 is 0 Å². The van der Waals surface area contributed by atoms with Gasteiger partial charge >= 0.3 is 6.18 Å². The number of rotatable bonds is 8. The number of ether oxygens (including phenoxy) is 1. The summed E-state index contributed by atoms with van der Waals surface area (Å²) in [7, 11) is 0. The molecule has 0 aliphatic heterocycles. The summed E-state index contributed by atoms with van der Waals surface area (Å²) in [5.41, 5.74) is 3.38. The lowest BCUT2D eigenvalue weighted by atomic mass is 9.84. The van der Waals surface area contributed by atoms with Crippen molar-refractivity contribution in [2.24, 2.45) is 4.99 Å². The first-order chi connectivity index (χ1) is 16.5. The molecule has 0 fully saturated rings. The van der Waals surface area contributed by atoms with Crippen LogP contribution in [0.3, 0.4) is 0 Å². The van der Waals surface area contributed by atoms with Gasteiger partial charge in [0.2, 0.25) is 0 Å². The molecule has 186 valence electrons. The third-order valence-electron chi connectivity index (χ3n) is 6.02. The van der Waals surface area contributed by atoms with E-state index in [2.05, 4.69) is 58.7 Å². The number of benzene rings is 3. The monoisotopic (exact) mass is 481 g/mol. The molecule has 0 saturated heterocycles. The summed E-state index contributed by atoms with van der Waals surface area (Å²) in [5, 5.41) is 0. The van der Waals surface area contributed by atoms with Crippen molar-refractivity contribution in [1.29, 1.82) is 0 Å². The van der Waals surface area contributed by atoms with Crippen molar-refractivity contribution in [2.75, 3.05) is 0 Å². The lowest BCUT2D eigenvalue weighted by Crippen LogP contribution is -2.24. The maximum atomic E-state index is 14.1. The van der Waals surface area contributed by atoms with Crippen molar-refractivity contribution < 1.29 is 17.9 Å². The zero-order valence-electron chi connectivity index (χ0n) is 21.3. The van der Waals surface area contributed by atoms with Crippen molar-refractivity contribution >= 4 is 5.71 Å². The van der Waals surface area contributed by atoms with Gasteiger partial charge in [-0.05, 0) is 76.4 Å². The van der Waals surface area contributed by atoms with Crippen LogP contribution in [-0.4, -0.2) is 11.9 Å². The minimum atomic E-state index is -4.57. The van der Waals surface area contributed by atoms with E-state index in [-0.39, 0.29) is 23.9 Å². The van der Waals surface area contributed by atoms with Crippen molar-refractivity contribution in [3.63, 3.8) is 0 Å². The molecule has 0 amide bonds. The Morgan fingerprint density at radius 2 is 1.26 bits per heavy atom. The molecule has 5 heteroatoms. The fraction of sp³-hybridized carbons (Fsp3) is 0.367. The van der Waals surface area contributed by atoms with Crippen LogP contribution < -0.4 is 4.74 Å². The van der Waals surface area contributed by atoms with E-state index in [9.17, 15) is 13.2 Å². The van der Waals surface area contributed by atoms with Crippen LogP contribution in [-0.2, 0) is 6.54 Å². The van der Waals surface area contributed by atoms with Crippen molar-refractivity contribution in [3.05, 3.63) is 94.5 Å². The van der Waals surface area contributed by atoms with Gasteiger partial charge in [0.25, 0.3) is 0 Å². The standard InChI is InChI=1S/C30H34F3NO/c1-19(2)23-16-26(20(3)4)28(27(17-23)21(5)6)18-34-29(30(31,32)33)22-12-14-25(15-13-22)35-24-10-8-7-9-11-24/h7-17,19-21H,18H2,1-6H3/b34-29-. The number of hydrogen-bond donors (Lipinski definition) is 0.